The minimum absolute atomic E-state index is 1.18. The Morgan fingerprint density at radius 2 is 0.542 bits per heavy atom. The van der Waals surface area contributed by atoms with E-state index in [1.165, 1.54) is 99.5 Å². The number of benzene rings is 7. The van der Waals surface area contributed by atoms with E-state index in [1.807, 2.05) is 0 Å². The molecule has 2 nitrogen and oxygen atoms in total. The number of aromatic nitrogens is 2. The minimum Gasteiger partial charge on any atom is -0.309 e. The topological polar surface area (TPSA) is 9.86 Å². The van der Waals surface area contributed by atoms with E-state index in [0.29, 0.717) is 0 Å². The van der Waals surface area contributed by atoms with Crippen LogP contribution < -0.4 is 0 Å². The molecule has 0 N–H and O–H groups in total. The molecular formula is C46H36N2. The molecule has 2 aromatic heterocycles. The van der Waals surface area contributed by atoms with E-state index in [0.717, 1.165) is 0 Å². The summed E-state index contributed by atoms with van der Waals surface area (Å²) in [6, 6.07) is 53.1. The van der Waals surface area contributed by atoms with Crippen molar-refractivity contribution >= 4 is 43.6 Å². The van der Waals surface area contributed by atoms with Crippen LogP contribution in [-0.2, 0) is 0 Å². The number of para-hydroxylation sites is 4. The number of fused-ring (bicyclic) bond motifs is 6. The second-order valence-corrected chi connectivity index (χ2v) is 13.1. The van der Waals surface area contributed by atoms with E-state index < -0.39 is 0 Å². The van der Waals surface area contributed by atoms with Crippen LogP contribution in [0, 0.1) is 27.7 Å². The van der Waals surface area contributed by atoms with E-state index in [1.54, 1.807) is 0 Å². The molecule has 230 valence electrons. The predicted molar refractivity (Wildman–Crippen MR) is 205 cm³/mol. The summed E-state index contributed by atoms with van der Waals surface area (Å²) in [4.78, 5) is 0. The van der Waals surface area contributed by atoms with Crippen LogP contribution in [0.2, 0.25) is 0 Å². The Balaban J connectivity index is 1.11. The van der Waals surface area contributed by atoms with E-state index in [9.17, 15) is 0 Å². The molecule has 0 saturated heterocycles. The normalized spacial score (nSPS) is 11.8. The second-order valence-electron chi connectivity index (χ2n) is 13.1. The summed E-state index contributed by atoms with van der Waals surface area (Å²) < 4.78 is 4.77. The molecule has 0 unspecified atom stereocenters. The molecule has 0 bridgehead atoms. The van der Waals surface area contributed by atoms with Crippen LogP contribution >= 0.6 is 0 Å². The lowest BCUT2D eigenvalue weighted by Gasteiger charge is -2.22. The fourth-order valence-electron chi connectivity index (χ4n) is 8.13. The highest BCUT2D eigenvalue weighted by atomic mass is 15.0. The quantitative estimate of drug-likeness (QED) is 0.186. The Labute approximate surface area is 281 Å². The molecule has 0 radical (unpaired) electrons. The Morgan fingerprint density at radius 1 is 0.292 bits per heavy atom. The molecule has 0 saturated carbocycles. The summed E-state index contributed by atoms with van der Waals surface area (Å²) in [7, 11) is 0. The molecule has 9 rings (SSSR count). The highest BCUT2D eigenvalue weighted by Crippen LogP contribution is 2.41. The average molecular weight is 617 g/mol. The van der Waals surface area contributed by atoms with Crippen LogP contribution in [0.5, 0.6) is 0 Å². The molecule has 0 amide bonds. The smallest absolute Gasteiger partial charge is 0.0541 e. The third kappa shape index (κ3) is 4.12. The van der Waals surface area contributed by atoms with Gasteiger partial charge in [0.15, 0.2) is 0 Å². The Kier molecular flexibility index (Phi) is 6.42. The molecule has 0 atom stereocenters. The Bertz CT molecular complexity index is 2360. The molecule has 9 aromatic rings. The zero-order chi connectivity index (χ0) is 32.5. The maximum atomic E-state index is 2.39. The van der Waals surface area contributed by atoms with Crippen LogP contribution in [0.15, 0.2) is 146 Å². The van der Waals surface area contributed by atoms with Crippen LogP contribution in [0.25, 0.3) is 77.2 Å². The summed E-state index contributed by atoms with van der Waals surface area (Å²) in [6.45, 7) is 9.14. The standard InChI is InChI=1S/C46H36N2/c1-29-30(2)46(34-23-27-36(28-24-34)48-43-19-11-7-15-39(43)40-16-8-12-20-44(40)48)32(4)31(3)45(29)33-21-25-35(26-22-33)47-41-17-9-5-13-37(41)38-14-6-10-18-42(38)47/h5-28H,1-4H3. The van der Waals surface area contributed by atoms with Crippen LogP contribution in [0.4, 0.5) is 0 Å². The molecule has 0 aliphatic rings. The molecule has 0 fully saturated rings. The van der Waals surface area contributed by atoms with Crippen molar-refractivity contribution in [1.82, 2.24) is 9.13 Å². The largest absolute Gasteiger partial charge is 0.309 e. The molecule has 48 heavy (non-hydrogen) atoms. The zero-order valence-corrected chi connectivity index (χ0v) is 27.8. The van der Waals surface area contributed by atoms with Gasteiger partial charge < -0.3 is 9.13 Å². The molecule has 0 aliphatic carbocycles. The first-order valence-corrected chi connectivity index (χ1v) is 16.8. The number of nitrogens with zero attached hydrogens (tertiary/aromatic N) is 2. The fourth-order valence-corrected chi connectivity index (χ4v) is 8.13. The van der Waals surface area contributed by atoms with Crippen molar-refractivity contribution in [3.63, 3.8) is 0 Å². The third-order valence-corrected chi connectivity index (χ3v) is 10.6. The van der Waals surface area contributed by atoms with E-state index in [2.05, 4.69) is 182 Å². The summed E-state index contributed by atoms with van der Waals surface area (Å²) >= 11 is 0. The molecule has 0 spiro atoms. The number of hydrogen-bond acceptors (Lipinski definition) is 0. The lowest BCUT2D eigenvalue weighted by atomic mass is 9.83. The van der Waals surface area contributed by atoms with E-state index in [-0.39, 0.29) is 0 Å². The van der Waals surface area contributed by atoms with Gasteiger partial charge in [-0.05, 0) is 121 Å². The highest BCUT2D eigenvalue weighted by molar-refractivity contribution is 6.10. The van der Waals surface area contributed by atoms with Crippen molar-refractivity contribution in [2.24, 2.45) is 0 Å². The van der Waals surface area contributed by atoms with E-state index in [4.69, 9.17) is 0 Å². The van der Waals surface area contributed by atoms with Gasteiger partial charge in [0.05, 0.1) is 22.1 Å². The van der Waals surface area contributed by atoms with Gasteiger partial charge >= 0.3 is 0 Å². The van der Waals surface area contributed by atoms with Crippen LogP contribution in [0.3, 0.4) is 0 Å². The number of rotatable bonds is 4. The first kappa shape index (κ1) is 28.4. The van der Waals surface area contributed by atoms with Crippen molar-refractivity contribution in [1.29, 1.82) is 0 Å². The molecular weight excluding hydrogens is 581 g/mol. The molecule has 2 heteroatoms. The second kappa shape index (κ2) is 10.9. The van der Waals surface area contributed by atoms with Crippen molar-refractivity contribution in [3.05, 3.63) is 168 Å². The summed E-state index contributed by atoms with van der Waals surface area (Å²) in [5, 5.41) is 5.14. The van der Waals surface area contributed by atoms with Crippen molar-refractivity contribution in [3.8, 4) is 33.6 Å². The van der Waals surface area contributed by atoms with Gasteiger partial charge in [-0.15, -0.1) is 0 Å². The van der Waals surface area contributed by atoms with Gasteiger partial charge in [0.25, 0.3) is 0 Å². The average Bonchev–Trinajstić information content (AvgIpc) is 3.65. The lowest BCUT2D eigenvalue weighted by Crippen LogP contribution is -2.01. The predicted octanol–water partition coefficient (Wildman–Crippen LogP) is 12.4. The van der Waals surface area contributed by atoms with Gasteiger partial charge in [-0.25, -0.2) is 0 Å². The summed E-state index contributed by atoms with van der Waals surface area (Å²) in [5.41, 5.74) is 17.8. The monoisotopic (exact) mass is 616 g/mol. The van der Waals surface area contributed by atoms with Gasteiger partial charge in [0, 0.05) is 32.9 Å². The van der Waals surface area contributed by atoms with Crippen LogP contribution in [-0.4, -0.2) is 9.13 Å². The van der Waals surface area contributed by atoms with Gasteiger partial charge in [-0.1, -0.05) is 97.1 Å². The van der Waals surface area contributed by atoms with Gasteiger partial charge in [-0.3, -0.25) is 0 Å². The van der Waals surface area contributed by atoms with Gasteiger partial charge in [-0.2, -0.15) is 0 Å². The van der Waals surface area contributed by atoms with Gasteiger partial charge in [0.1, 0.15) is 0 Å². The first-order chi connectivity index (χ1) is 23.5. The maximum Gasteiger partial charge on any atom is 0.0541 e. The molecule has 0 aliphatic heterocycles. The Morgan fingerprint density at radius 3 is 0.812 bits per heavy atom. The Hall–Kier alpha value is -5.86. The fraction of sp³-hybridized carbons (Fsp3) is 0.0870. The zero-order valence-electron chi connectivity index (χ0n) is 27.8. The SMILES string of the molecule is Cc1c(C)c(-c2ccc(-n3c4ccccc4c4ccccc43)cc2)c(C)c(C)c1-c1ccc(-n2c3ccccc3c3ccccc32)cc1. The number of hydrogen-bond donors (Lipinski definition) is 0. The van der Waals surface area contributed by atoms with Gasteiger partial charge in [0.2, 0.25) is 0 Å². The third-order valence-electron chi connectivity index (χ3n) is 10.6. The molecule has 7 aromatic carbocycles. The van der Waals surface area contributed by atoms with Crippen molar-refractivity contribution < 1.29 is 0 Å². The first-order valence-electron chi connectivity index (χ1n) is 16.8. The van der Waals surface area contributed by atoms with E-state index >= 15 is 0 Å². The van der Waals surface area contributed by atoms with Crippen molar-refractivity contribution in [2.75, 3.05) is 0 Å². The van der Waals surface area contributed by atoms with Crippen molar-refractivity contribution in [2.45, 2.75) is 27.7 Å². The molecule has 2 heterocycles. The lowest BCUT2D eigenvalue weighted by molar-refractivity contribution is 1.18. The summed E-state index contributed by atoms with van der Waals surface area (Å²) in [5.74, 6) is 0. The minimum atomic E-state index is 1.18. The van der Waals surface area contributed by atoms with Crippen LogP contribution in [0.1, 0.15) is 22.3 Å². The maximum absolute atomic E-state index is 2.39. The summed E-state index contributed by atoms with van der Waals surface area (Å²) in [6.07, 6.45) is 0. The highest BCUT2D eigenvalue weighted by Gasteiger charge is 2.19.